The van der Waals surface area contributed by atoms with Crippen LogP contribution >= 0.6 is 0 Å². The number of carbonyl (C=O) groups is 1. The lowest BCUT2D eigenvalue weighted by Gasteiger charge is -2.28. The maximum Gasteiger partial charge on any atom is 0.221 e. The zero-order valence-corrected chi connectivity index (χ0v) is 16.6. The van der Waals surface area contributed by atoms with Gasteiger partial charge in [0.05, 0.1) is 0 Å². The fourth-order valence-corrected chi connectivity index (χ4v) is 3.49. The summed E-state index contributed by atoms with van der Waals surface area (Å²) in [6, 6.07) is 19.7. The minimum Gasteiger partial charge on any atom is -0.356 e. The van der Waals surface area contributed by atoms with Crippen LogP contribution in [0.2, 0.25) is 0 Å². The lowest BCUT2D eigenvalue weighted by Crippen LogP contribution is -2.30. The van der Waals surface area contributed by atoms with E-state index in [4.69, 9.17) is 9.97 Å². The Labute approximate surface area is 171 Å². The zero-order chi connectivity index (χ0) is 20.1. The number of anilines is 4. The average molecular weight is 387 g/mol. The van der Waals surface area contributed by atoms with E-state index in [0.29, 0.717) is 5.82 Å². The smallest absolute Gasteiger partial charge is 0.221 e. The van der Waals surface area contributed by atoms with Gasteiger partial charge in [-0.25, -0.2) is 9.97 Å². The molecular formula is C23H25N5O. The first kappa shape index (κ1) is 18.9. The second kappa shape index (κ2) is 8.73. The summed E-state index contributed by atoms with van der Waals surface area (Å²) >= 11 is 0. The van der Waals surface area contributed by atoms with Crippen molar-refractivity contribution in [3.8, 4) is 11.4 Å². The number of nitrogens with zero attached hydrogens (tertiary/aromatic N) is 3. The SMILES string of the molecule is CC(=O)Nc1ccc(Nc2cc(N3CCCCC3)nc(-c3ccccc3)n2)cc1. The number of benzene rings is 2. The third-order valence-electron chi connectivity index (χ3n) is 4.90. The molecule has 6 heteroatoms. The van der Waals surface area contributed by atoms with Crippen molar-refractivity contribution < 1.29 is 4.79 Å². The van der Waals surface area contributed by atoms with Crippen LogP contribution in [0.1, 0.15) is 26.2 Å². The Hall–Kier alpha value is -3.41. The fourth-order valence-electron chi connectivity index (χ4n) is 3.49. The van der Waals surface area contributed by atoms with Gasteiger partial charge in [0.15, 0.2) is 5.82 Å². The van der Waals surface area contributed by atoms with Gasteiger partial charge in [0, 0.05) is 43.0 Å². The molecule has 148 valence electrons. The minimum absolute atomic E-state index is 0.0832. The molecule has 0 spiro atoms. The van der Waals surface area contributed by atoms with Crippen LogP contribution in [0.15, 0.2) is 60.7 Å². The number of hydrogen-bond acceptors (Lipinski definition) is 5. The molecule has 0 atom stereocenters. The van der Waals surface area contributed by atoms with E-state index in [2.05, 4.69) is 15.5 Å². The van der Waals surface area contributed by atoms with E-state index in [1.165, 1.54) is 26.2 Å². The summed E-state index contributed by atoms with van der Waals surface area (Å²) in [5.41, 5.74) is 2.67. The van der Waals surface area contributed by atoms with Crippen molar-refractivity contribution >= 4 is 28.9 Å². The number of nitrogens with one attached hydrogen (secondary N) is 2. The maximum atomic E-state index is 11.2. The Morgan fingerprint density at radius 3 is 2.28 bits per heavy atom. The maximum absolute atomic E-state index is 11.2. The van der Waals surface area contributed by atoms with Gasteiger partial charge >= 0.3 is 0 Å². The van der Waals surface area contributed by atoms with Crippen molar-refractivity contribution in [2.24, 2.45) is 0 Å². The molecule has 1 amide bonds. The summed E-state index contributed by atoms with van der Waals surface area (Å²) in [5, 5.41) is 6.16. The Balaban J connectivity index is 1.63. The van der Waals surface area contributed by atoms with Crippen LogP contribution in [0.25, 0.3) is 11.4 Å². The number of rotatable bonds is 5. The Bertz CT molecular complexity index is 966. The first-order valence-electron chi connectivity index (χ1n) is 10.0. The van der Waals surface area contributed by atoms with Gasteiger partial charge in [-0.1, -0.05) is 30.3 Å². The number of aromatic nitrogens is 2. The second-order valence-electron chi connectivity index (χ2n) is 7.23. The number of amides is 1. The monoisotopic (exact) mass is 387 g/mol. The van der Waals surface area contributed by atoms with Crippen LogP contribution in [0, 0.1) is 0 Å². The Kier molecular flexibility index (Phi) is 5.70. The van der Waals surface area contributed by atoms with Gasteiger partial charge in [-0.05, 0) is 43.5 Å². The van der Waals surface area contributed by atoms with E-state index in [-0.39, 0.29) is 5.91 Å². The highest BCUT2D eigenvalue weighted by Gasteiger charge is 2.15. The van der Waals surface area contributed by atoms with Crippen LogP contribution in [0.4, 0.5) is 23.0 Å². The van der Waals surface area contributed by atoms with Crippen molar-refractivity contribution in [1.29, 1.82) is 0 Å². The third kappa shape index (κ3) is 4.90. The molecule has 1 aliphatic heterocycles. The molecule has 2 aromatic carbocycles. The predicted octanol–water partition coefficient (Wildman–Crippen LogP) is 4.84. The van der Waals surface area contributed by atoms with Crippen LogP contribution in [-0.2, 0) is 4.79 Å². The lowest BCUT2D eigenvalue weighted by molar-refractivity contribution is -0.114. The van der Waals surface area contributed by atoms with Crippen LogP contribution in [0.3, 0.4) is 0 Å². The largest absolute Gasteiger partial charge is 0.356 e. The molecule has 1 fully saturated rings. The van der Waals surface area contributed by atoms with Crippen LogP contribution < -0.4 is 15.5 Å². The van der Waals surface area contributed by atoms with Gasteiger partial charge in [-0.15, -0.1) is 0 Å². The molecule has 4 rings (SSSR count). The summed E-state index contributed by atoms with van der Waals surface area (Å²) in [6.45, 7) is 3.55. The summed E-state index contributed by atoms with van der Waals surface area (Å²) < 4.78 is 0. The van der Waals surface area contributed by atoms with Gasteiger partial charge in [0.1, 0.15) is 11.6 Å². The van der Waals surface area contributed by atoms with Gasteiger partial charge in [-0.3, -0.25) is 4.79 Å². The van der Waals surface area contributed by atoms with Crippen molar-refractivity contribution in [2.45, 2.75) is 26.2 Å². The normalized spacial score (nSPS) is 13.8. The highest BCUT2D eigenvalue weighted by molar-refractivity contribution is 5.88. The molecule has 0 bridgehead atoms. The molecule has 29 heavy (non-hydrogen) atoms. The molecule has 0 unspecified atom stereocenters. The first-order valence-corrected chi connectivity index (χ1v) is 10.0. The molecule has 2 N–H and O–H groups in total. The van der Waals surface area contributed by atoms with Crippen molar-refractivity contribution in [1.82, 2.24) is 9.97 Å². The molecule has 1 aliphatic rings. The fraction of sp³-hybridized carbons (Fsp3) is 0.261. The van der Waals surface area contributed by atoms with E-state index >= 15 is 0 Å². The molecule has 2 heterocycles. The number of hydrogen-bond donors (Lipinski definition) is 2. The molecule has 0 saturated carbocycles. The lowest BCUT2D eigenvalue weighted by atomic mass is 10.1. The zero-order valence-electron chi connectivity index (χ0n) is 16.6. The average Bonchev–Trinajstić information content (AvgIpc) is 2.76. The van der Waals surface area contributed by atoms with Gasteiger partial charge < -0.3 is 15.5 Å². The quantitative estimate of drug-likeness (QED) is 0.656. The third-order valence-corrected chi connectivity index (χ3v) is 4.90. The number of piperidine rings is 1. The highest BCUT2D eigenvalue weighted by atomic mass is 16.1. The van der Waals surface area contributed by atoms with Crippen molar-refractivity contribution in [2.75, 3.05) is 28.6 Å². The van der Waals surface area contributed by atoms with Crippen LogP contribution in [0.5, 0.6) is 0 Å². The van der Waals surface area contributed by atoms with E-state index in [1.807, 2.05) is 60.7 Å². The topological polar surface area (TPSA) is 70.2 Å². The molecular weight excluding hydrogens is 362 g/mol. The number of carbonyl (C=O) groups excluding carboxylic acids is 1. The van der Waals surface area contributed by atoms with Gasteiger partial charge in [0.25, 0.3) is 0 Å². The second-order valence-corrected chi connectivity index (χ2v) is 7.23. The summed E-state index contributed by atoms with van der Waals surface area (Å²) in [6.07, 6.45) is 3.66. The summed E-state index contributed by atoms with van der Waals surface area (Å²) in [5.74, 6) is 2.34. The molecule has 0 radical (unpaired) electrons. The molecule has 6 nitrogen and oxygen atoms in total. The van der Waals surface area contributed by atoms with Gasteiger partial charge in [0.2, 0.25) is 5.91 Å². The summed E-state index contributed by atoms with van der Waals surface area (Å²) in [4.78, 5) is 23.1. The predicted molar refractivity (Wildman–Crippen MR) is 118 cm³/mol. The van der Waals surface area contributed by atoms with Crippen molar-refractivity contribution in [3.63, 3.8) is 0 Å². The summed E-state index contributed by atoms with van der Waals surface area (Å²) in [7, 11) is 0. The standard InChI is InChI=1S/C23H25N5O/c1-17(29)24-19-10-12-20(13-11-19)25-21-16-22(28-14-6-3-7-15-28)27-23(26-21)18-8-4-2-5-9-18/h2,4-5,8-13,16H,3,6-7,14-15H2,1H3,(H,24,29)(H,25,26,27). The molecule has 0 aliphatic carbocycles. The van der Waals surface area contributed by atoms with E-state index in [1.54, 1.807) is 0 Å². The molecule has 1 aromatic heterocycles. The molecule has 1 saturated heterocycles. The van der Waals surface area contributed by atoms with Crippen molar-refractivity contribution in [3.05, 3.63) is 60.7 Å². The van der Waals surface area contributed by atoms with E-state index in [9.17, 15) is 4.79 Å². The van der Waals surface area contributed by atoms with E-state index in [0.717, 1.165) is 41.7 Å². The van der Waals surface area contributed by atoms with Gasteiger partial charge in [-0.2, -0.15) is 0 Å². The minimum atomic E-state index is -0.0832. The first-order chi connectivity index (χ1) is 14.2. The molecule has 3 aromatic rings. The van der Waals surface area contributed by atoms with Crippen LogP contribution in [-0.4, -0.2) is 29.0 Å². The van der Waals surface area contributed by atoms with E-state index < -0.39 is 0 Å². The Morgan fingerprint density at radius 2 is 1.59 bits per heavy atom. The highest BCUT2D eigenvalue weighted by Crippen LogP contribution is 2.26. The Morgan fingerprint density at radius 1 is 0.897 bits per heavy atom.